The number of anilines is 3. The molecule has 1 heterocycles. The predicted octanol–water partition coefficient (Wildman–Crippen LogP) is 20.3. The van der Waals surface area contributed by atoms with Gasteiger partial charge in [-0.1, -0.05) is 220 Å². The third-order valence-corrected chi connectivity index (χ3v) is 17.2. The van der Waals surface area contributed by atoms with Crippen LogP contribution in [0, 0.1) is 10.8 Å². The van der Waals surface area contributed by atoms with E-state index in [1.165, 1.54) is 0 Å². The molecule has 0 spiro atoms. The van der Waals surface area contributed by atoms with Crippen molar-refractivity contribution in [3.8, 4) is 23.0 Å². The molecule has 0 bridgehead atoms. The van der Waals surface area contributed by atoms with Gasteiger partial charge in [-0.2, -0.15) is 15.0 Å². The van der Waals surface area contributed by atoms with Crippen LogP contribution in [0.25, 0.3) is 0 Å². The zero-order chi connectivity index (χ0) is 69.2. The van der Waals surface area contributed by atoms with Gasteiger partial charge in [-0.3, -0.25) is 0 Å². The Morgan fingerprint density at radius 3 is 0.911 bits per heavy atom. The fourth-order valence-electron chi connectivity index (χ4n) is 11.4. The number of hydrogen-bond acceptors (Lipinski definition) is 11. The highest BCUT2D eigenvalue weighted by Gasteiger charge is 2.34. The highest BCUT2D eigenvalue weighted by atomic mass is 16.3. The lowest BCUT2D eigenvalue weighted by Gasteiger charge is -2.32. The van der Waals surface area contributed by atoms with Gasteiger partial charge in [0.2, 0.25) is 17.8 Å². The molecule has 0 radical (unpaired) electrons. The van der Waals surface area contributed by atoms with E-state index in [2.05, 4.69) is 271 Å². The lowest BCUT2D eigenvalue weighted by molar-refractivity contribution is 0.351. The molecule has 4 aromatic carbocycles. The highest BCUT2D eigenvalue weighted by molar-refractivity contribution is 5.57. The number of hydrogen-bond donors (Lipinski definition) is 6. The lowest BCUT2D eigenvalue weighted by Crippen LogP contribution is -2.31. The SMILES string of the molecule is C=C(/C=C(\C(O)=C(/C)C(C)(C)C)C(C)(C)C)CN(Cc1cc(C(C)(C)C)c(O)c(C(C)(C)C)c1)c1nc(NCc2cc(C(C)(C)C)c(O)c(C(C)(C)C)c2)nc(N(Cc2cc(C(C)(C)C)c(O)c(C(C)(C)C)c2)Cc2cc(C(C)(C)C)c(O)c(C(C)(C)C)c2)n1. The molecule has 5 aromatic rings. The molecule has 0 atom stereocenters. The molecule has 6 N–H and O–H groups in total. The third-order valence-electron chi connectivity index (χ3n) is 17.2. The van der Waals surface area contributed by atoms with Crippen LogP contribution in [0.2, 0.25) is 0 Å². The van der Waals surface area contributed by atoms with Gasteiger partial charge in [0.1, 0.15) is 28.8 Å². The molecule has 90 heavy (non-hydrogen) atoms. The summed E-state index contributed by atoms with van der Waals surface area (Å²) < 4.78 is 0. The van der Waals surface area contributed by atoms with Gasteiger partial charge < -0.3 is 40.6 Å². The Hall–Kier alpha value is -6.49. The maximum absolute atomic E-state index is 12.2. The van der Waals surface area contributed by atoms with E-state index in [-0.39, 0.29) is 45.8 Å². The lowest BCUT2D eigenvalue weighted by atomic mass is 9.78. The second kappa shape index (κ2) is 25.5. The molecule has 1 aromatic heterocycles. The number of benzene rings is 4. The van der Waals surface area contributed by atoms with E-state index < -0.39 is 37.9 Å². The van der Waals surface area contributed by atoms with Crippen LogP contribution in [0.5, 0.6) is 23.0 Å². The number of nitrogens with one attached hydrogen (secondary N) is 1. The number of phenolic OH excluding ortho intramolecular Hbond substituents is 4. The molecule has 0 fully saturated rings. The maximum Gasteiger partial charge on any atom is 0.232 e. The normalized spacial score (nSPS) is 14.0. The highest BCUT2D eigenvalue weighted by Crippen LogP contribution is 2.46. The van der Waals surface area contributed by atoms with Gasteiger partial charge in [-0.25, -0.2) is 0 Å². The van der Waals surface area contributed by atoms with Gasteiger partial charge in [0.05, 0.1) is 0 Å². The zero-order valence-electron chi connectivity index (χ0n) is 61.9. The van der Waals surface area contributed by atoms with Crippen molar-refractivity contribution in [3.05, 3.63) is 150 Å². The summed E-state index contributed by atoms with van der Waals surface area (Å²) in [5, 5.41) is 64.1. The number of rotatable bonds is 15. The summed E-state index contributed by atoms with van der Waals surface area (Å²) >= 11 is 0. The van der Waals surface area contributed by atoms with Crippen LogP contribution in [-0.4, -0.2) is 47.0 Å². The average molecular weight is 1230 g/mol. The van der Waals surface area contributed by atoms with Crippen LogP contribution in [0.15, 0.2) is 83.7 Å². The second-order valence-electron chi connectivity index (χ2n) is 36.2. The molecule has 0 aliphatic rings. The Morgan fingerprint density at radius 2 is 0.656 bits per heavy atom. The van der Waals surface area contributed by atoms with Crippen molar-refractivity contribution in [3.63, 3.8) is 0 Å². The minimum absolute atomic E-state index is 0.229. The molecule has 5 rings (SSSR count). The van der Waals surface area contributed by atoms with E-state index in [1.807, 2.05) is 13.0 Å². The fourth-order valence-corrected chi connectivity index (χ4v) is 11.4. The summed E-state index contributed by atoms with van der Waals surface area (Å²) in [5.41, 5.74) is 8.81. The number of aliphatic hydroxyl groups is 1. The number of aromatic hydroxyl groups is 4. The van der Waals surface area contributed by atoms with E-state index in [9.17, 15) is 25.5 Å². The Morgan fingerprint density at radius 1 is 0.400 bits per heavy atom. The van der Waals surface area contributed by atoms with Crippen molar-refractivity contribution in [2.75, 3.05) is 21.7 Å². The average Bonchev–Trinajstić information content (AvgIpc) is 0.986. The number of aliphatic hydroxyl groups excluding tert-OH is 1. The minimum Gasteiger partial charge on any atom is -0.508 e. The molecule has 11 heteroatoms. The van der Waals surface area contributed by atoms with Crippen molar-refractivity contribution in [1.82, 2.24) is 15.0 Å². The van der Waals surface area contributed by atoms with E-state index in [0.29, 0.717) is 55.3 Å². The summed E-state index contributed by atoms with van der Waals surface area (Å²) in [6.45, 7) is 71.8. The Bertz CT molecular complexity index is 3290. The smallest absolute Gasteiger partial charge is 0.232 e. The summed E-state index contributed by atoms with van der Waals surface area (Å²) in [7, 11) is 0. The van der Waals surface area contributed by atoms with Crippen molar-refractivity contribution >= 4 is 17.8 Å². The first kappa shape index (κ1) is 74.2. The van der Waals surface area contributed by atoms with Gasteiger partial charge in [-0.05, 0) is 193 Å². The first-order chi connectivity index (χ1) is 40.3. The number of nitrogens with zero attached hydrogens (tertiary/aromatic N) is 5. The molecular weight excluding hydrogens is 1110 g/mol. The maximum atomic E-state index is 12.2. The number of allylic oxidation sites excluding steroid dienone is 2. The quantitative estimate of drug-likeness (QED) is 0.0438. The molecule has 0 aliphatic heterocycles. The van der Waals surface area contributed by atoms with Crippen LogP contribution in [0.3, 0.4) is 0 Å². The molecule has 0 amide bonds. The predicted molar refractivity (Wildman–Crippen MR) is 382 cm³/mol. The Balaban J connectivity index is 2.02. The minimum atomic E-state index is -0.474. The van der Waals surface area contributed by atoms with Gasteiger partial charge in [0.15, 0.2) is 0 Å². The van der Waals surface area contributed by atoms with Crippen LogP contribution in [0.1, 0.15) is 281 Å². The van der Waals surface area contributed by atoms with E-state index in [0.717, 1.165) is 77.9 Å². The van der Waals surface area contributed by atoms with E-state index >= 15 is 0 Å². The van der Waals surface area contributed by atoms with E-state index in [1.54, 1.807) is 0 Å². The molecule has 0 aliphatic carbocycles. The number of aromatic nitrogens is 3. The first-order valence-corrected chi connectivity index (χ1v) is 32.6. The van der Waals surface area contributed by atoms with Gasteiger partial charge in [0.25, 0.3) is 0 Å². The number of phenols is 4. The van der Waals surface area contributed by atoms with Crippen LogP contribution in [-0.2, 0) is 69.5 Å². The molecule has 0 unspecified atom stereocenters. The zero-order valence-corrected chi connectivity index (χ0v) is 61.9. The summed E-state index contributed by atoms with van der Waals surface area (Å²) in [5.74, 6) is 2.45. The molecule has 496 valence electrons. The van der Waals surface area contributed by atoms with Crippen molar-refractivity contribution < 1.29 is 25.5 Å². The topological polar surface area (TPSA) is 158 Å². The largest absolute Gasteiger partial charge is 0.508 e. The van der Waals surface area contributed by atoms with Crippen LogP contribution in [0.4, 0.5) is 17.8 Å². The monoisotopic (exact) mass is 1230 g/mol. The van der Waals surface area contributed by atoms with E-state index in [4.69, 9.17) is 21.5 Å². The van der Waals surface area contributed by atoms with Crippen molar-refractivity contribution in [1.29, 1.82) is 0 Å². The van der Waals surface area contributed by atoms with Crippen molar-refractivity contribution in [2.24, 2.45) is 10.8 Å². The third kappa shape index (κ3) is 18.2. The van der Waals surface area contributed by atoms with Gasteiger partial charge in [-0.15, -0.1) is 0 Å². The standard InChI is InChI=1S/C79H120N6O5/c1-47(33-53(71(6,7)8)62(86)48(2)70(3,4)5)43-84(44-50-36-56(74(15,16)17)64(88)57(37-50)75(18,19)20)68-81-67(80-42-49-34-54(72(9,10)11)63(87)55(35-49)73(12,13)14)82-69(83-68)85(45-51-38-58(76(21,22)23)65(89)59(39-51)77(24,25)26)46-52-40-60(78(27,28)29)66(90)61(41-52)79(30,31)32/h33-41,86-90H,1,42-46H2,2-32H3,(H,80,81,82,83)/b53-33+,62-48-. The first-order valence-electron chi connectivity index (χ1n) is 32.6. The molecule has 0 saturated heterocycles. The Labute approximate surface area is 545 Å². The molecule has 0 saturated carbocycles. The van der Waals surface area contributed by atoms with Gasteiger partial charge >= 0.3 is 0 Å². The van der Waals surface area contributed by atoms with Crippen LogP contribution < -0.4 is 15.1 Å². The van der Waals surface area contributed by atoms with Crippen LogP contribution >= 0.6 is 0 Å². The second-order valence-corrected chi connectivity index (χ2v) is 36.2. The molecule has 11 nitrogen and oxygen atoms in total. The van der Waals surface area contributed by atoms with Crippen molar-refractivity contribution in [2.45, 2.75) is 284 Å². The summed E-state index contributed by atoms with van der Waals surface area (Å²) in [6.07, 6.45) is 2.02. The summed E-state index contributed by atoms with van der Waals surface area (Å²) in [4.78, 5) is 20.8. The molecular formula is C79H120N6O5. The van der Waals surface area contributed by atoms with Gasteiger partial charge in [0, 0.05) is 32.7 Å². The summed E-state index contributed by atoms with van der Waals surface area (Å²) in [6, 6.07) is 16.8. The fraction of sp³-hybridized carbons (Fsp3) is 0.582. The Kier molecular flexibility index (Phi) is 21.1.